The van der Waals surface area contributed by atoms with E-state index in [2.05, 4.69) is 29.8 Å². The van der Waals surface area contributed by atoms with Crippen LogP contribution in [0, 0.1) is 11.8 Å². The third-order valence-corrected chi connectivity index (χ3v) is 4.16. The van der Waals surface area contributed by atoms with Crippen LogP contribution in [0.3, 0.4) is 0 Å². The van der Waals surface area contributed by atoms with Crippen LogP contribution in [0.25, 0.3) is 0 Å². The molecular formula is C14H25N3. The van der Waals surface area contributed by atoms with Crippen LogP contribution < -0.4 is 5.73 Å². The van der Waals surface area contributed by atoms with Gasteiger partial charge in [-0.1, -0.05) is 13.8 Å². The highest BCUT2D eigenvalue weighted by Crippen LogP contribution is 2.35. The zero-order chi connectivity index (χ0) is 12.4. The van der Waals surface area contributed by atoms with E-state index in [9.17, 15) is 0 Å². The van der Waals surface area contributed by atoms with E-state index in [0.717, 1.165) is 18.3 Å². The number of nitrogens with zero attached hydrogens (tertiary/aromatic N) is 2. The molecule has 3 heteroatoms. The molecule has 1 aliphatic rings. The van der Waals surface area contributed by atoms with E-state index in [4.69, 9.17) is 5.73 Å². The van der Waals surface area contributed by atoms with Crippen molar-refractivity contribution in [3.05, 3.63) is 18.0 Å². The van der Waals surface area contributed by atoms with E-state index in [0.29, 0.717) is 6.04 Å². The molecule has 4 atom stereocenters. The Morgan fingerprint density at radius 3 is 2.82 bits per heavy atom. The first-order valence-corrected chi connectivity index (χ1v) is 6.85. The Balaban J connectivity index is 2.00. The second-order valence-electron chi connectivity index (χ2n) is 5.93. The topological polar surface area (TPSA) is 43.8 Å². The summed E-state index contributed by atoms with van der Waals surface area (Å²) in [6.07, 6.45) is 8.96. The molecule has 2 N–H and O–H groups in total. The van der Waals surface area contributed by atoms with Crippen molar-refractivity contribution in [2.24, 2.45) is 17.6 Å². The highest BCUT2D eigenvalue weighted by atomic mass is 15.3. The van der Waals surface area contributed by atoms with Crippen LogP contribution in [0.1, 0.15) is 51.6 Å². The van der Waals surface area contributed by atoms with Gasteiger partial charge in [-0.25, -0.2) is 0 Å². The smallest absolute Gasteiger partial charge is 0.0522 e. The molecule has 0 amide bonds. The monoisotopic (exact) mass is 235 g/mol. The van der Waals surface area contributed by atoms with Crippen LogP contribution in [0.5, 0.6) is 0 Å². The van der Waals surface area contributed by atoms with E-state index in [-0.39, 0.29) is 6.04 Å². The van der Waals surface area contributed by atoms with Gasteiger partial charge in [-0.05, 0) is 50.0 Å². The van der Waals surface area contributed by atoms with Gasteiger partial charge in [0, 0.05) is 12.2 Å². The largest absolute Gasteiger partial charge is 0.328 e. The fourth-order valence-corrected chi connectivity index (χ4v) is 2.81. The van der Waals surface area contributed by atoms with Crippen molar-refractivity contribution in [3.63, 3.8) is 0 Å². The van der Waals surface area contributed by atoms with Gasteiger partial charge in [0.1, 0.15) is 0 Å². The second-order valence-corrected chi connectivity index (χ2v) is 5.93. The lowest BCUT2D eigenvalue weighted by Crippen LogP contribution is -2.23. The van der Waals surface area contributed by atoms with E-state index < -0.39 is 0 Å². The summed E-state index contributed by atoms with van der Waals surface area (Å²) >= 11 is 0. The van der Waals surface area contributed by atoms with Gasteiger partial charge in [-0.15, -0.1) is 0 Å². The fourth-order valence-electron chi connectivity index (χ4n) is 2.81. The Labute approximate surface area is 104 Å². The zero-order valence-corrected chi connectivity index (χ0v) is 11.3. The quantitative estimate of drug-likeness (QED) is 0.875. The molecule has 1 saturated carbocycles. The van der Waals surface area contributed by atoms with Gasteiger partial charge in [-0.2, -0.15) is 5.10 Å². The standard InChI is InChI=1S/C14H25N3/c1-10-4-5-14(6-11(10)2)17-9-13(8-16-17)7-12(3)15/h8-12,14H,4-7,15H2,1-3H3. The van der Waals surface area contributed by atoms with Gasteiger partial charge in [0.05, 0.1) is 12.2 Å². The Morgan fingerprint density at radius 2 is 2.18 bits per heavy atom. The van der Waals surface area contributed by atoms with Crippen molar-refractivity contribution in [1.29, 1.82) is 0 Å². The van der Waals surface area contributed by atoms with Crippen LogP contribution in [-0.2, 0) is 6.42 Å². The van der Waals surface area contributed by atoms with E-state index in [1.54, 1.807) is 0 Å². The first-order valence-electron chi connectivity index (χ1n) is 6.85. The molecule has 0 spiro atoms. The highest BCUT2D eigenvalue weighted by molar-refractivity contribution is 5.06. The molecule has 3 nitrogen and oxygen atoms in total. The molecule has 0 aromatic carbocycles. The molecule has 4 unspecified atom stereocenters. The van der Waals surface area contributed by atoms with Crippen molar-refractivity contribution in [2.45, 2.75) is 58.5 Å². The fraction of sp³-hybridized carbons (Fsp3) is 0.786. The molecule has 1 fully saturated rings. The third-order valence-electron chi connectivity index (χ3n) is 4.16. The van der Waals surface area contributed by atoms with Gasteiger partial charge in [0.15, 0.2) is 0 Å². The van der Waals surface area contributed by atoms with E-state index >= 15 is 0 Å². The Hall–Kier alpha value is -0.830. The average Bonchev–Trinajstić information content (AvgIpc) is 2.69. The average molecular weight is 235 g/mol. The van der Waals surface area contributed by atoms with Crippen LogP contribution in [0.15, 0.2) is 12.4 Å². The van der Waals surface area contributed by atoms with Crippen molar-refractivity contribution in [3.8, 4) is 0 Å². The van der Waals surface area contributed by atoms with Crippen molar-refractivity contribution in [2.75, 3.05) is 0 Å². The lowest BCUT2D eigenvalue weighted by molar-refractivity contribution is 0.201. The molecule has 0 saturated heterocycles. The minimum atomic E-state index is 0.220. The summed E-state index contributed by atoms with van der Waals surface area (Å²) in [6, 6.07) is 0.820. The summed E-state index contributed by atoms with van der Waals surface area (Å²) in [5.74, 6) is 1.68. The van der Waals surface area contributed by atoms with Gasteiger partial charge in [0.2, 0.25) is 0 Å². The Kier molecular flexibility index (Phi) is 3.87. The maximum atomic E-state index is 5.82. The molecule has 1 aliphatic carbocycles. The molecule has 17 heavy (non-hydrogen) atoms. The summed E-state index contributed by atoms with van der Waals surface area (Å²) in [7, 11) is 0. The number of nitrogens with two attached hydrogens (primary N) is 1. The maximum Gasteiger partial charge on any atom is 0.0522 e. The van der Waals surface area contributed by atoms with E-state index in [1.807, 2.05) is 13.1 Å². The number of hydrogen-bond acceptors (Lipinski definition) is 2. The predicted molar refractivity (Wildman–Crippen MR) is 70.8 cm³/mol. The number of aromatic nitrogens is 2. The predicted octanol–water partition coefficient (Wildman–Crippen LogP) is 2.77. The lowest BCUT2D eigenvalue weighted by Gasteiger charge is -2.32. The van der Waals surface area contributed by atoms with Gasteiger partial charge in [-0.3, -0.25) is 4.68 Å². The molecular weight excluding hydrogens is 210 g/mol. The molecule has 1 aromatic heterocycles. The lowest BCUT2D eigenvalue weighted by atomic mass is 9.79. The minimum Gasteiger partial charge on any atom is -0.328 e. The summed E-state index contributed by atoms with van der Waals surface area (Å²) in [4.78, 5) is 0. The number of hydrogen-bond donors (Lipinski definition) is 1. The summed E-state index contributed by atoms with van der Waals surface area (Å²) < 4.78 is 2.17. The molecule has 96 valence electrons. The van der Waals surface area contributed by atoms with E-state index in [1.165, 1.54) is 24.8 Å². The first-order chi connectivity index (χ1) is 8.06. The van der Waals surface area contributed by atoms with Crippen LogP contribution in [0.2, 0.25) is 0 Å². The third kappa shape index (κ3) is 3.09. The number of rotatable bonds is 3. The molecule has 0 bridgehead atoms. The summed E-state index contributed by atoms with van der Waals surface area (Å²) in [6.45, 7) is 6.77. The Bertz CT molecular complexity index is 356. The second kappa shape index (κ2) is 5.21. The van der Waals surface area contributed by atoms with Gasteiger partial charge < -0.3 is 5.73 Å². The zero-order valence-electron chi connectivity index (χ0n) is 11.3. The van der Waals surface area contributed by atoms with Crippen LogP contribution in [0.4, 0.5) is 0 Å². The molecule has 0 radical (unpaired) electrons. The van der Waals surface area contributed by atoms with Crippen LogP contribution in [-0.4, -0.2) is 15.8 Å². The maximum absolute atomic E-state index is 5.82. The van der Waals surface area contributed by atoms with Gasteiger partial charge in [0.25, 0.3) is 0 Å². The van der Waals surface area contributed by atoms with Crippen molar-refractivity contribution < 1.29 is 0 Å². The minimum absolute atomic E-state index is 0.220. The molecule has 2 rings (SSSR count). The van der Waals surface area contributed by atoms with Crippen LogP contribution >= 0.6 is 0 Å². The highest BCUT2D eigenvalue weighted by Gasteiger charge is 2.25. The molecule has 0 aliphatic heterocycles. The normalized spacial score (nSPS) is 31.4. The summed E-state index contributed by atoms with van der Waals surface area (Å²) in [5, 5.41) is 4.51. The first kappa shape index (κ1) is 12.6. The Morgan fingerprint density at radius 1 is 1.41 bits per heavy atom. The van der Waals surface area contributed by atoms with Gasteiger partial charge >= 0.3 is 0 Å². The van der Waals surface area contributed by atoms with Crippen molar-refractivity contribution >= 4 is 0 Å². The SMILES string of the molecule is CC(N)Cc1cnn(C2CCC(C)C(C)C2)c1. The van der Waals surface area contributed by atoms with Crippen molar-refractivity contribution in [1.82, 2.24) is 9.78 Å². The molecule has 1 heterocycles. The molecule has 1 aromatic rings. The summed E-state index contributed by atoms with van der Waals surface area (Å²) in [5.41, 5.74) is 7.09.